The Morgan fingerprint density at radius 2 is 1.82 bits per heavy atom. The highest BCUT2D eigenvalue weighted by Crippen LogP contribution is 2.39. The molecular formula is C27H23NO5. The minimum Gasteiger partial charge on any atom is -0.508 e. The topological polar surface area (TPSA) is 80.0 Å². The number of fused-ring (bicyclic) bond motifs is 2. The number of aromatic hydroxyl groups is 1. The van der Waals surface area contributed by atoms with Crippen molar-refractivity contribution in [3.05, 3.63) is 105 Å². The van der Waals surface area contributed by atoms with Crippen molar-refractivity contribution in [2.75, 3.05) is 13.7 Å². The van der Waals surface area contributed by atoms with Gasteiger partial charge in [-0.25, -0.2) is 0 Å². The van der Waals surface area contributed by atoms with Crippen LogP contribution in [-0.2, 0) is 6.42 Å². The van der Waals surface area contributed by atoms with Crippen LogP contribution >= 0.6 is 0 Å². The molecule has 0 aliphatic carbocycles. The van der Waals surface area contributed by atoms with E-state index in [1.54, 1.807) is 42.3 Å². The van der Waals surface area contributed by atoms with E-state index in [2.05, 4.69) is 0 Å². The molecule has 1 atom stereocenters. The van der Waals surface area contributed by atoms with Gasteiger partial charge in [-0.15, -0.1) is 0 Å². The van der Waals surface area contributed by atoms with Crippen molar-refractivity contribution in [2.45, 2.75) is 19.4 Å². The molecule has 1 amide bonds. The monoisotopic (exact) mass is 441 g/mol. The van der Waals surface area contributed by atoms with E-state index in [1.165, 1.54) is 0 Å². The van der Waals surface area contributed by atoms with Crippen LogP contribution in [0.4, 0.5) is 0 Å². The minimum absolute atomic E-state index is 0.0689. The van der Waals surface area contributed by atoms with Gasteiger partial charge in [0.2, 0.25) is 5.76 Å². The molecule has 0 spiro atoms. The van der Waals surface area contributed by atoms with E-state index in [-0.39, 0.29) is 22.8 Å². The highest BCUT2D eigenvalue weighted by Gasteiger charge is 2.42. The summed E-state index contributed by atoms with van der Waals surface area (Å²) in [5.41, 5.74) is 3.13. The summed E-state index contributed by atoms with van der Waals surface area (Å²) in [6.07, 6.45) is 0.589. The molecule has 4 aromatic rings. The molecule has 0 saturated carbocycles. The molecule has 1 aliphatic heterocycles. The van der Waals surface area contributed by atoms with E-state index in [9.17, 15) is 14.7 Å². The summed E-state index contributed by atoms with van der Waals surface area (Å²) in [5, 5.41) is 10.5. The van der Waals surface area contributed by atoms with Crippen molar-refractivity contribution >= 4 is 16.9 Å². The van der Waals surface area contributed by atoms with Crippen molar-refractivity contribution in [1.82, 2.24) is 4.90 Å². The van der Waals surface area contributed by atoms with Gasteiger partial charge in [-0.2, -0.15) is 0 Å². The van der Waals surface area contributed by atoms with Crippen LogP contribution in [0.3, 0.4) is 0 Å². The Morgan fingerprint density at radius 1 is 1.03 bits per heavy atom. The van der Waals surface area contributed by atoms with Crippen LogP contribution in [0.25, 0.3) is 11.0 Å². The molecule has 0 fully saturated rings. The highest BCUT2D eigenvalue weighted by molar-refractivity contribution is 5.99. The number of carbonyl (C=O) groups is 1. The quantitative estimate of drug-likeness (QED) is 0.490. The molecule has 3 aromatic carbocycles. The zero-order valence-electron chi connectivity index (χ0n) is 18.4. The number of ether oxygens (including phenoxy) is 1. The molecule has 2 heterocycles. The van der Waals surface area contributed by atoms with Crippen LogP contribution in [-0.4, -0.2) is 29.6 Å². The van der Waals surface area contributed by atoms with Crippen molar-refractivity contribution in [3.8, 4) is 11.5 Å². The molecule has 0 radical (unpaired) electrons. The van der Waals surface area contributed by atoms with Crippen molar-refractivity contribution < 1.29 is 19.1 Å². The fourth-order valence-electron chi connectivity index (χ4n) is 4.45. The third-order valence-electron chi connectivity index (χ3n) is 6.11. The lowest BCUT2D eigenvalue weighted by Crippen LogP contribution is -2.31. The summed E-state index contributed by atoms with van der Waals surface area (Å²) >= 11 is 0. The number of amides is 1. The maximum Gasteiger partial charge on any atom is 0.290 e. The Labute approximate surface area is 190 Å². The maximum atomic E-state index is 13.6. The van der Waals surface area contributed by atoms with Crippen molar-refractivity contribution in [3.63, 3.8) is 0 Å². The van der Waals surface area contributed by atoms with E-state index >= 15 is 0 Å². The van der Waals surface area contributed by atoms with E-state index in [0.717, 1.165) is 16.9 Å². The van der Waals surface area contributed by atoms with Gasteiger partial charge in [-0.3, -0.25) is 9.59 Å². The second-order valence-electron chi connectivity index (χ2n) is 8.27. The number of rotatable bonds is 5. The molecule has 166 valence electrons. The number of phenolic OH excluding ortho intramolecular Hbond substituents is 1. The molecule has 6 nitrogen and oxygen atoms in total. The van der Waals surface area contributed by atoms with Gasteiger partial charge in [0, 0.05) is 6.54 Å². The molecule has 0 saturated heterocycles. The SMILES string of the molecule is COc1ccc(CCN2C(=O)c3oc4ccc(C)cc4c(=O)c3[C@@H]2c2cccc(O)c2)cc1. The van der Waals surface area contributed by atoms with Gasteiger partial charge in [0.25, 0.3) is 5.91 Å². The predicted octanol–water partition coefficient (Wildman–Crippen LogP) is 4.60. The van der Waals surface area contributed by atoms with E-state index < -0.39 is 6.04 Å². The Morgan fingerprint density at radius 3 is 2.55 bits per heavy atom. The first-order chi connectivity index (χ1) is 16.0. The lowest BCUT2D eigenvalue weighted by molar-refractivity contribution is 0.0730. The normalized spacial score (nSPS) is 15.2. The Balaban J connectivity index is 1.61. The number of phenols is 1. The summed E-state index contributed by atoms with van der Waals surface area (Å²) in [6.45, 7) is 2.29. The van der Waals surface area contributed by atoms with Crippen LogP contribution < -0.4 is 10.2 Å². The number of benzene rings is 3. The lowest BCUT2D eigenvalue weighted by Gasteiger charge is -2.25. The first-order valence-corrected chi connectivity index (χ1v) is 10.8. The molecule has 5 rings (SSSR count). The van der Waals surface area contributed by atoms with Crippen LogP contribution in [0, 0.1) is 6.92 Å². The molecule has 1 aliphatic rings. The fourth-order valence-corrected chi connectivity index (χ4v) is 4.45. The van der Waals surface area contributed by atoms with Gasteiger partial charge in [-0.05, 0) is 60.9 Å². The summed E-state index contributed by atoms with van der Waals surface area (Å²) in [7, 11) is 1.62. The molecular weight excluding hydrogens is 418 g/mol. The number of hydrogen-bond acceptors (Lipinski definition) is 5. The Bertz CT molecular complexity index is 1420. The second kappa shape index (κ2) is 8.13. The van der Waals surface area contributed by atoms with Crippen LogP contribution in [0.15, 0.2) is 75.9 Å². The molecule has 33 heavy (non-hydrogen) atoms. The first-order valence-electron chi connectivity index (χ1n) is 10.8. The number of nitrogens with zero attached hydrogens (tertiary/aromatic N) is 1. The molecule has 1 aromatic heterocycles. The zero-order chi connectivity index (χ0) is 23.1. The maximum absolute atomic E-state index is 13.6. The molecule has 6 heteroatoms. The average molecular weight is 441 g/mol. The smallest absolute Gasteiger partial charge is 0.290 e. The Kier molecular flexibility index (Phi) is 5.13. The van der Waals surface area contributed by atoms with Gasteiger partial charge >= 0.3 is 0 Å². The van der Waals surface area contributed by atoms with Gasteiger partial charge in [0.15, 0.2) is 5.43 Å². The third-order valence-corrected chi connectivity index (χ3v) is 6.11. The summed E-state index contributed by atoms with van der Waals surface area (Å²) in [4.78, 5) is 28.7. The molecule has 0 unspecified atom stereocenters. The van der Waals surface area contributed by atoms with Crippen LogP contribution in [0.5, 0.6) is 11.5 Å². The number of hydrogen-bond donors (Lipinski definition) is 1. The number of methoxy groups -OCH3 is 1. The standard InChI is InChI=1S/C27H23NO5/c1-16-6-11-22-21(14-16)25(30)23-24(18-4-3-5-19(29)15-18)28(27(31)26(23)33-22)13-12-17-7-9-20(32-2)10-8-17/h3-11,14-15,24,29H,12-13H2,1-2H3/t24-/m0/s1. The molecule has 0 bridgehead atoms. The largest absolute Gasteiger partial charge is 0.508 e. The van der Waals surface area contributed by atoms with Crippen molar-refractivity contribution in [2.24, 2.45) is 0 Å². The fraction of sp³-hybridized carbons (Fsp3) is 0.185. The number of carbonyl (C=O) groups excluding carboxylic acids is 1. The number of aryl methyl sites for hydroxylation is 1. The minimum atomic E-state index is -0.640. The summed E-state index contributed by atoms with van der Waals surface area (Å²) in [6, 6.07) is 19.1. The third kappa shape index (κ3) is 3.63. The van der Waals surface area contributed by atoms with E-state index in [0.29, 0.717) is 35.1 Å². The van der Waals surface area contributed by atoms with Gasteiger partial charge in [0.05, 0.1) is 24.1 Å². The van der Waals surface area contributed by atoms with E-state index in [1.807, 2.05) is 43.3 Å². The van der Waals surface area contributed by atoms with Gasteiger partial charge < -0.3 is 19.2 Å². The Hall–Kier alpha value is -4.06. The van der Waals surface area contributed by atoms with Gasteiger partial charge in [0.1, 0.15) is 17.1 Å². The summed E-state index contributed by atoms with van der Waals surface area (Å²) < 4.78 is 11.2. The molecule has 1 N–H and O–H groups in total. The van der Waals surface area contributed by atoms with Crippen LogP contribution in [0.2, 0.25) is 0 Å². The highest BCUT2D eigenvalue weighted by atomic mass is 16.5. The van der Waals surface area contributed by atoms with Crippen molar-refractivity contribution in [1.29, 1.82) is 0 Å². The van der Waals surface area contributed by atoms with Gasteiger partial charge in [-0.1, -0.05) is 35.9 Å². The first kappa shape index (κ1) is 20.8. The van der Waals surface area contributed by atoms with E-state index in [4.69, 9.17) is 9.15 Å². The summed E-state index contributed by atoms with van der Waals surface area (Å²) in [5.74, 6) is 0.577. The predicted molar refractivity (Wildman–Crippen MR) is 125 cm³/mol. The lowest BCUT2D eigenvalue weighted by atomic mass is 9.97. The zero-order valence-corrected chi connectivity index (χ0v) is 18.4. The second-order valence-corrected chi connectivity index (χ2v) is 8.27. The average Bonchev–Trinajstić information content (AvgIpc) is 3.10. The van der Waals surface area contributed by atoms with Crippen LogP contribution in [0.1, 0.15) is 38.9 Å².